The summed E-state index contributed by atoms with van der Waals surface area (Å²) >= 11 is 7.23. The van der Waals surface area contributed by atoms with Crippen LogP contribution in [0.5, 0.6) is 5.75 Å². The Morgan fingerprint density at radius 3 is 2.32 bits per heavy atom. The number of carbonyl (C=O) groups is 3. The van der Waals surface area contributed by atoms with Crippen LogP contribution < -0.4 is 10.1 Å². The highest BCUT2D eigenvalue weighted by atomic mass is 35.5. The minimum atomic E-state index is -0.689. The topological polar surface area (TPSA) is 97.3 Å². The molecule has 1 N–H and O–H groups in total. The SMILES string of the molecule is COC(=O)c1ccc(NC(=O)[C@@H]2CC(=O)N(Cc3ccc(OC)cc3)C(=Nc3ccc(Cl)cc3)S2)cc1. The summed E-state index contributed by atoms with van der Waals surface area (Å²) in [7, 11) is 2.89. The number of benzene rings is 3. The van der Waals surface area contributed by atoms with Gasteiger partial charge in [0.15, 0.2) is 5.17 Å². The molecule has 0 radical (unpaired) electrons. The predicted molar refractivity (Wildman–Crippen MR) is 144 cm³/mol. The summed E-state index contributed by atoms with van der Waals surface area (Å²) in [4.78, 5) is 44.2. The lowest BCUT2D eigenvalue weighted by atomic mass is 10.1. The van der Waals surface area contributed by atoms with Gasteiger partial charge in [0.1, 0.15) is 11.0 Å². The van der Waals surface area contributed by atoms with E-state index < -0.39 is 11.2 Å². The first kappa shape index (κ1) is 26.2. The van der Waals surface area contributed by atoms with E-state index in [0.29, 0.717) is 33.7 Å². The van der Waals surface area contributed by atoms with Gasteiger partial charge in [0, 0.05) is 17.1 Å². The summed E-state index contributed by atoms with van der Waals surface area (Å²) in [5.41, 5.74) is 2.38. The maximum absolute atomic E-state index is 13.3. The van der Waals surface area contributed by atoms with Crippen LogP contribution in [0.3, 0.4) is 0 Å². The van der Waals surface area contributed by atoms with Crippen molar-refractivity contribution in [3.63, 3.8) is 0 Å². The lowest BCUT2D eigenvalue weighted by molar-refractivity contribution is -0.129. The molecule has 1 heterocycles. The van der Waals surface area contributed by atoms with Gasteiger partial charge in [-0.15, -0.1) is 0 Å². The number of amidine groups is 1. The highest BCUT2D eigenvalue weighted by molar-refractivity contribution is 8.15. The first-order valence-corrected chi connectivity index (χ1v) is 12.6. The van der Waals surface area contributed by atoms with Gasteiger partial charge < -0.3 is 14.8 Å². The fourth-order valence-corrected chi connectivity index (χ4v) is 4.79. The van der Waals surface area contributed by atoms with Gasteiger partial charge in [0.05, 0.1) is 32.0 Å². The third-order valence-corrected chi connectivity index (χ3v) is 7.00. The highest BCUT2D eigenvalue weighted by Gasteiger charge is 2.36. The molecule has 1 aliphatic heterocycles. The number of amides is 2. The van der Waals surface area contributed by atoms with Crippen LogP contribution in [-0.4, -0.2) is 47.3 Å². The van der Waals surface area contributed by atoms with E-state index in [-0.39, 0.29) is 18.2 Å². The van der Waals surface area contributed by atoms with Gasteiger partial charge >= 0.3 is 5.97 Å². The van der Waals surface area contributed by atoms with E-state index in [9.17, 15) is 14.4 Å². The Morgan fingerprint density at radius 2 is 1.70 bits per heavy atom. The normalized spacial score (nSPS) is 16.4. The summed E-state index contributed by atoms with van der Waals surface area (Å²) in [6.07, 6.45) is 0.00648. The Labute approximate surface area is 223 Å². The third-order valence-electron chi connectivity index (χ3n) is 5.56. The fraction of sp³-hybridized carbons (Fsp3) is 0.185. The molecule has 2 amide bonds. The largest absolute Gasteiger partial charge is 0.497 e. The van der Waals surface area contributed by atoms with Crippen molar-refractivity contribution >= 4 is 57.7 Å². The second-order valence-corrected chi connectivity index (χ2v) is 9.67. The third kappa shape index (κ3) is 6.69. The van der Waals surface area contributed by atoms with Crippen LogP contribution in [0.2, 0.25) is 5.02 Å². The molecule has 0 saturated carbocycles. The number of hydrogen-bond acceptors (Lipinski definition) is 7. The van der Waals surface area contributed by atoms with Gasteiger partial charge in [-0.1, -0.05) is 35.5 Å². The molecule has 4 rings (SSSR count). The molecule has 3 aromatic rings. The van der Waals surface area contributed by atoms with Crippen molar-refractivity contribution < 1.29 is 23.9 Å². The molecular formula is C27H24ClN3O5S. The van der Waals surface area contributed by atoms with E-state index in [2.05, 4.69) is 10.3 Å². The zero-order valence-corrected chi connectivity index (χ0v) is 21.7. The number of ether oxygens (including phenoxy) is 2. The Kier molecular flexibility index (Phi) is 8.47. The van der Waals surface area contributed by atoms with E-state index >= 15 is 0 Å². The molecule has 0 unspecified atom stereocenters. The summed E-state index contributed by atoms with van der Waals surface area (Å²) < 4.78 is 9.91. The van der Waals surface area contributed by atoms with Gasteiger partial charge in [-0.25, -0.2) is 9.79 Å². The number of esters is 1. The average molecular weight is 538 g/mol. The standard InChI is InChI=1S/C27H24ClN3O5S/c1-35-22-13-3-17(4-14-22)16-31-24(32)15-23(37-27(31)30-21-11-7-19(28)8-12-21)25(33)29-20-9-5-18(6-10-20)26(34)36-2/h3-14,23H,15-16H2,1-2H3,(H,29,33)/t23-/m0/s1. The van der Waals surface area contributed by atoms with E-state index in [0.717, 1.165) is 11.3 Å². The van der Waals surface area contributed by atoms with Crippen LogP contribution in [0.25, 0.3) is 0 Å². The molecular weight excluding hydrogens is 514 g/mol. The quantitative estimate of drug-likeness (QED) is 0.411. The summed E-state index contributed by atoms with van der Waals surface area (Å²) in [6.45, 7) is 0.297. The van der Waals surface area contributed by atoms with Gasteiger partial charge in [-0.3, -0.25) is 14.5 Å². The molecule has 0 aliphatic carbocycles. The maximum atomic E-state index is 13.3. The lowest BCUT2D eigenvalue weighted by Gasteiger charge is -2.32. The number of nitrogens with zero attached hydrogens (tertiary/aromatic N) is 2. The molecule has 0 aromatic heterocycles. The van der Waals surface area contributed by atoms with E-state index in [1.165, 1.54) is 18.9 Å². The monoisotopic (exact) mass is 537 g/mol. The van der Waals surface area contributed by atoms with Crippen molar-refractivity contribution in [1.82, 2.24) is 4.90 Å². The zero-order valence-electron chi connectivity index (χ0n) is 20.1. The highest BCUT2D eigenvalue weighted by Crippen LogP contribution is 2.31. The molecule has 0 spiro atoms. The Hall–Kier alpha value is -3.82. The molecule has 10 heteroatoms. The molecule has 37 heavy (non-hydrogen) atoms. The van der Waals surface area contributed by atoms with Gasteiger partial charge in [0.2, 0.25) is 11.8 Å². The number of hydrogen-bond donors (Lipinski definition) is 1. The Morgan fingerprint density at radius 1 is 1.03 bits per heavy atom. The number of carbonyl (C=O) groups excluding carboxylic acids is 3. The summed E-state index contributed by atoms with van der Waals surface area (Å²) in [5, 5.41) is 3.11. The molecule has 1 atom stereocenters. The van der Waals surface area contributed by atoms with Crippen LogP contribution in [-0.2, 0) is 20.9 Å². The number of halogens is 1. The smallest absolute Gasteiger partial charge is 0.337 e. The second kappa shape index (κ2) is 11.9. The van der Waals surface area contributed by atoms with Crippen molar-refractivity contribution in [2.75, 3.05) is 19.5 Å². The van der Waals surface area contributed by atoms with Crippen molar-refractivity contribution in [2.45, 2.75) is 18.2 Å². The minimum Gasteiger partial charge on any atom is -0.497 e. The van der Waals surface area contributed by atoms with Crippen molar-refractivity contribution in [1.29, 1.82) is 0 Å². The Bertz CT molecular complexity index is 1310. The first-order chi connectivity index (χ1) is 17.9. The molecule has 0 bridgehead atoms. The molecule has 1 saturated heterocycles. The van der Waals surface area contributed by atoms with E-state index in [1.807, 2.05) is 24.3 Å². The second-order valence-electron chi connectivity index (χ2n) is 8.07. The predicted octanol–water partition coefficient (Wildman–Crippen LogP) is 5.30. The van der Waals surface area contributed by atoms with E-state index in [4.69, 9.17) is 21.1 Å². The average Bonchev–Trinajstić information content (AvgIpc) is 2.92. The number of anilines is 1. The van der Waals surface area contributed by atoms with Crippen molar-refractivity contribution in [3.8, 4) is 5.75 Å². The summed E-state index contributed by atoms with van der Waals surface area (Å²) in [5.74, 6) is -0.304. The van der Waals surface area contributed by atoms with Gasteiger partial charge in [0.25, 0.3) is 0 Å². The van der Waals surface area contributed by atoms with Crippen molar-refractivity contribution in [2.24, 2.45) is 4.99 Å². The number of aliphatic imine (C=N–C) groups is 1. The number of nitrogens with one attached hydrogen (secondary N) is 1. The van der Waals surface area contributed by atoms with Crippen LogP contribution in [0, 0.1) is 0 Å². The van der Waals surface area contributed by atoms with Gasteiger partial charge in [-0.2, -0.15) is 0 Å². The lowest BCUT2D eigenvalue weighted by Crippen LogP contribution is -2.44. The summed E-state index contributed by atoms with van der Waals surface area (Å²) in [6, 6.07) is 20.7. The molecule has 3 aromatic carbocycles. The van der Waals surface area contributed by atoms with Crippen LogP contribution in [0.1, 0.15) is 22.3 Å². The zero-order chi connectivity index (χ0) is 26.4. The number of methoxy groups -OCH3 is 2. The molecule has 1 fully saturated rings. The van der Waals surface area contributed by atoms with Crippen LogP contribution in [0.4, 0.5) is 11.4 Å². The maximum Gasteiger partial charge on any atom is 0.337 e. The number of thioether (sulfide) groups is 1. The fourth-order valence-electron chi connectivity index (χ4n) is 3.57. The molecule has 8 nitrogen and oxygen atoms in total. The molecule has 1 aliphatic rings. The van der Waals surface area contributed by atoms with Crippen LogP contribution in [0.15, 0.2) is 77.8 Å². The molecule has 190 valence electrons. The Balaban J connectivity index is 1.55. The first-order valence-electron chi connectivity index (χ1n) is 11.3. The van der Waals surface area contributed by atoms with E-state index in [1.54, 1.807) is 60.5 Å². The minimum absolute atomic E-state index is 0.00648. The van der Waals surface area contributed by atoms with Gasteiger partial charge in [-0.05, 0) is 66.2 Å². The van der Waals surface area contributed by atoms with Crippen LogP contribution >= 0.6 is 23.4 Å². The van der Waals surface area contributed by atoms with Crippen molar-refractivity contribution in [3.05, 3.63) is 88.9 Å². The number of rotatable bonds is 7.